The lowest BCUT2D eigenvalue weighted by Gasteiger charge is -2.31. The first kappa shape index (κ1) is 21.9. The molecule has 2 heterocycles. The maximum absolute atomic E-state index is 13.2. The maximum Gasteiger partial charge on any atom is 0.338 e. The van der Waals surface area contributed by atoms with E-state index in [-0.39, 0.29) is 12.0 Å². The van der Waals surface area contributed by atoms with E-state index in [1.54, 1.807) is 0 Å². The van der Waals surface area contributed by atoms with Gasteiger partial charge in [-0.05, 0) is 49.6 Å². The minimum atomic E-state index is -0.353. The molecule has 1 unspecified atom stereocenters. The smallest absolute Gasteiger partial charge is 0.338 e. The van der Waals surface area contributed by atoms with Gasteiger partial charge < -0.3 is 14.8 Å². The fourth-order valence-corrected chi connectivity index (χ4v) is 4.21. The van der Waals surface area contributed by atoms with Crippen molar-refractivity contribution in [2.24, 2.45) is 0 Å². The van der Waals surface area contributed by atoms with Crippen LogP contribution >= 0.6 is 0 Å². The summed E-state index contributed by atoms with van der Waals surface area (Å²) in [5.41, 5.74) is 4.33. The van der Waals surface area contributed by atoms with Gasteiger partial charge in [-0.1, -0.05) is 51.0 Å². The van der Waals surface area contributed by atoms with Gasteiger partial charge in [0.15, 0.2) is 0 Å². The third-order valence-corrected chi connectivity index (χ3v) is 5.65. The van der Waals surface area contributed by atoms with Gasteiger partial charge in [0.25, 0.3) is 0 Å². The zero-order valence-electron chi connectivity index (χ0n) is 19.1. The van der Waals surface area contributed by atoms with Crippen molar-refractivity contribution in [2.45, 2.75) is 52.5 Å². The third-order valence-electron chi connectivity index (χ3n) is 5.65. The second-order valence-electron chi connectivity index (χ2n) is 7.96. The molecule has 2 aromatic carbocycles. The van der Waals surface area contributed by atoms with Gasteiger partial charge in [-0.3, -0.25) is 4.57 Å². The SMILES string of the molecule is CCCCOc1cccc(C2C(C(=O)OCC)=C(CCC)Nc3nc4ccccc4n32)c1. The number of nitrogens with one attached hydrogen (secondary N) is 1. The first-order chi connectivity index (χ1) is 15.7. The van der Waals surface area contributed by atoms with Crippen molar-refractivity contribution < 1.29 is 14.3 Å². The molecule has 0 saturated carbocycles. The molecular weight excluding hydrogens is 402 g/mol. The van der Waals surface area contributed by atoms with Crippen LogP contribution in [0.25, 0.3) is 11.0 Å². The van der Waals surface area contributed by atoms with Crippen molar-refractivity contribution in [3.63, 3.8) is 0 Å². The zero-order valence-corrected chi connectivity index (χ0v) is 19.1. The van der Waals surface area contributed by atoms with E-state index >= 15 is 0 Å². The van der Waals surface area contributed by atoms with Crippen LogP contribution in [0.4, 0.5) is 5.95 Å². The number of benzene rings is 2. The molecule has 3 aromatic rings. The van der Waals surface area contributed by atoms with Gasteiger partial charge in [0.2, 0.25) is 5.95 Å². The highest BCUT2D eigenvalue weighted by atomic mass is 16.5. The molecule has 0 saturated heterocycles. The summed E-state index contributed by atoms with van der Waals surface area (Å²) in [4.78, 5) is 18.1. The first-order valence-corrected chi connectivity index (χ1v) is 11.5. The second kappa shape index (κ2) is 9.90. The Morgan fingerprint density at radius 3 is 2.72 bits per heavy atom. The van der Waals surface area contributed by atoms with Crippen molar-refractivity contribution >= 4 is 23.0 Å². The van der Waals surface area contributed by atoms with Gasteiger partial charge in [0, 0.05) is 5.70 Å². The highest BCUT2D eigenvalue weighted by molar-refractivity contribution is 5.94. The summed E-state index contributed by atoms with van der Waals surface area (Å²) in [6.45, 7) is 7.08. The first-order valence-electron chi connectivity index (χ1n) is 11.5. The molecule has 6 heteroatoms. The summed E-state index contributed by atoms with van der Waals surface area (Å²) in [5.74, 6) is 1.25. The molecule has 1 aliphatic rings. The van der Waals surface area contributed by atoms with E-state index < -0.39 is 0 Å². The zero-order chi connectivity index (χ0) is 22.5. The van der Waals surface area contributed by atoms with E-state index in [2.05, 4.69) is 23.7 Å². The highest BCUT2D eigenvalue weighted by Gasteiger charge is 2.36. The summed E-state index contributed by atoms with van der Waals surface area (Å²) in [6.07, 6.45) is 3.72. The quantitative estimate of drug-likeness (QED) is 0.339. The molecule has 0 fully saturated rings. The number of nitrogens with zero attached hydrogens (tertiary/aromatic N) is 2. The molecule has 4 rings (SSSR count). The number of unbranched alkanes of at least 4 members (excludes halogenated alkanes) is 1. The molecule has 6 nitrogen and oxygen atoms in total. The summed E-state index contributed by atoms with van der Waals surface area (Å²) in [6, 6.07) is 15.7. The number of carbonyl (C=O) groups is 1. The Kier molecular flexibility index (Phi) is 6.78. The standard InChI is InChI=1S/C26H31N3O3/c1-4-7-16-32-19-13-10-12-18(17-19)24-23(25(30)31-6-3)21(11-5-2)28-26-27-20-14-8-9-15-22(20)29(24)26/h8-10,12-15,17,24H,4-7,11,16H2,1-3H3,(H,27,28). The molecular formula is C26H31N3O3. The van der Waals surface area contributed by atoms with Gasteiger partial charge in [-0.2, -0.15) is 0 Å². The van der Waals surface area contributed by atoms with Gasteiger partial charge in [-0.25, -0.2) is 9.78 Å². The predicted octanol–water partition coefficient (Wildman–Crippen LogP) is 5.85. The largest absolute Gasteiger partial charge is 0.494 e. The molecule has 32 heavy (non-hydrogen) atoms. The Morgan fingerprint density at radius 2 is 1.94 bits per heavy atom. The lowest BCUT2D eigenvalue weighted by Crippen LogP contribution is -2.29. The lowest BCUT2D eigenvalue weighted by atomic mass is 9.93. The van der Waals surface area contributed by atoms with Crippen LogP contribution in [0.2, 0.25) is 0 Å². The Morgan fingerprint density at radius 1 is 1.09 bits per heavy atom. The van der Waals surface area contributed by atoms with E-state index in [0.717, 1.165) is 59.7 Å². The fraction of sp³-hybridized carbons (Fsp3) is 0.385. The van der Waals surface area contributed by atoms with Crippen molar-refractivity contribution in [2.75, 3.05) is 18.5 Å². The van der Waals surface area contributed by atoms with E-state index in [1.165, 1.54) is 0 Å². The monoisotopic (exact) mass is 433 g/mol. The average molecular weight is 434 g/mol. The number of fused-ring (bicyclic) bond motifs is 3. The number of carbonyl (C=O) groups excluding carboxylic acids is 1. The van der Waals surface area contributed by atoms with Crippen molar-refractivity contribution in [1.82, 2.24) is 9.55 Å². The topological polar surface area (TPSA) is 65.4 Å². The normalized spacial score (nSPS) is 15.4. The maximum atomic E-state index is 13.2. The number of hydrogen-bond donors (Lipinski definition) is 1. The number of esters is 1. The summed E-state index contributed by atoms with van der Waals surface area (Å²) in [5, 5.41) is 3.43. The average Bonchev–Trinajstić information content (AvgIpc) is 3.17. The van der Waals surface area contributed by atoms with Crippen LogP contribution < -0.4 is 10.1 Å². The highest BCUT2D eigenvalue weighted by Crippen LogP contribution is 2.41. The minimum Gasteiger partial charge on any atom is -0.494 e. The van der Waals surface area contributed by atoms with E-state index in [1.807, 2.05) is 55.5 Å². The van der Waals surface area contributed by atoms with Crippen molar-refractivity contribution in [3.8, 4) is 5.75 Å². The Hall–Kier alpha value is -3.28. The number of rotatable bonds is 9. The number of allylic oxidation sites excluding steroid dienone is 1. The minimum absolute atomic E-state index is 0.297. The van der Waals surface area contributed by atoms with Crippen LogP contribution in [0.1, 0.15) is 58.1 Å². The van der Waals surface area contributed by atoms with Gasteiger partial charge in [0.1, 0.15) is 5.75 Å². The number of para-hydroxylation sites is 2. The molecule has 168 valence electrons. The van der Waals surface area contributed by atoms with Gasteiger partial charge in [0.05, 0.1) is 35.9 Å². The molecule has 0 spiro atoms. The van der Waals surface area contributed by atoms with Gasteiger partial charge in [-0.15, -0.1) is 0 Å². The van der Waals surface area contributed by atoms with E-state index in [4.69, 9.17) is 14.5 Å². The summed E-state index contributed by atoms with van der Waals surface area (Å²) >= 11 is 0. The number of aromatic nitrogens is 2. The Labute approximate surface area is 189 Å². The number of ether oxygens (including phenoxy) is 2. The summed E-state index contributed by atoms with van der Waals surface area (Å²) < 4.78 is 13.6. The molecule has 1 aromatic heterocycles. The number of anilines is 1. The van der Waals surface area contributed by atoms with Crippen molar-refractivity contribution in [1.29, 1.82) is 0 Å². The predicted molar refractivity (Wildman–Crippen MR) is 127 cm³/mol. The number of hydrogen-bond acceptors (Lipinski definition) is 5. The molecule has 0 bridgehead atoms. The molecule has 1 N–H and O–H groups in total. The Balaban J connectivity index is 1.89. The summed E-state index contributed by atoms with van der Waals surface area (Å²) in [7, 11) is 0. The van der Waals surface area contributed by atoms with Crippen LogP contribution in [0.5, 0.6) is 5.75 Å². The van der Waals surface area contributed by atoms with E-state index in [9.17, 15) is 4.79 Å². The molecule has 1 atom stereocenters. The van der Waals surface area contributed by atoms with Crippen LogP contribution in [-0.4, -0.2) is 28.7 Å². The second-order valence-corrected chi connectivity index (χ2v) is 7.96. The molecule has 0 amide bonds. The van der Waals surface area contributed by atoms with Crippen LogP contribution in [0.3, 0.4) is 0 Å². The number of imidazole rings is 1. The third kappa shape index (κ3) is 4.22. The Bertz CT molecular complexity index is 1130. The fourth-order valence-electron chi connectivity index (χ4n) is 4.21. The van der Waals surface area contributed by atoms with Crippen LogP contribution in [-0.2, 0) is 9.53 Å². The van der Waals surface area contributed by atoms with Gasteiger partial charge >= 0.3 is 5.97 Å². The molecule has 0 radical (unpaired) electrons. The van der Waals surface area contributed by atoms with Crippen LogP contribution in [0.15, 0.2) is 59.8 Å². The molecule has 0 aliphatic carbocycles. The van der Waals surface area contributed by atoms with Crippen LogP contribution in [0, 0.1) is 0 Å². The van der Waals surface area contributed by atoms with E-state index in [0.29, 0.717) is 18.8 Å². The molecule has 1 aliphatic heterocycles. The van der Waals surface area contributed by atoms with Crippen molar-refractivity contribution in [3.05, 3.63) is 65.4 Å². The lowest BCUT2D eigenvalue weighted by molar-refractivity contribution is -0.139.